The van der Waals surface area contributed by atoms with Crippen LogP contribution < -0.4 is 0 Å². The van der Waals surface area contributed by atoms with E-state index in [1.165, 1.54) is 424 Å². The number of hydrogen-bond donors (Lipinski definition) is 7. The second kappa shape index (κ2) is 110. The molecule has 105 heavy (non-hydrogen) atoms. The summed E-state index contributed by atoms with van der Waals surface area (Å²) in [6.07, 6.45) is 100. The van der Waals surface area contributed by atoms with E-state index in [0.717, 1.165) is 64.2 Å². The van der Waals surface area contributed by atoms with Crippen molar-refractivity contribution in [2.24, 2.45) is 0 Å². The van der Waals surface area contributed by atoms with E-state index in [2.05, 4.69) is 34.6 Å². The fraction of sp³-hybridized carbons (Fsp3) is 0.946. The lowest BCUT2D eigenvalue weighted by Gasteiger charge is -2.03. The van der Waals surface area contributed by atoms with Crippen molar-refractivity contribution in [1.82, 2.24) is 0 Å². The summed E-state index contributed by atoms with van der Waals surface area (Å²) in [6, 6.07) is 0. The van der Waals surface area contributed by atoms with E-state index in [1.54, 1.807) is 0 Å². The van der Waals surface area contributed by atoms with Crippen molar-refractivity contribution in [3.8, 4) is 0 Å². The molecule has 0 aliphatic heterocycles. The van der Waals surface area contributed by atoms with Crippen molar-refractivity contribution < 1.29 is 59.7 Å². The van der Waals surface area contributed by atoms with Crippen LogP contribution in [0.25, 0.3) is 0 Å². The van der Waals surface area contributed by atoms with E-state index >= 15 is 0 Å². The molecular formula is C93H188O12. The van der Waals surface area contributed by atoms with Crippen LogP contribution in [0, 0.1) is 0 Å². The van der Waals surface area contributed by atoms with Gasteiger partial charge in [-0.05, 0) is 39.0 Å². The van der Waals surface area contributed by atoms with Crippen LogP contribution >= 0.6 is 0 Å². The van der Waals surface area contributed by atoms with Gasteiger partial charge < -0.3 is 35.7 Å². The molecule has 0 heterocycles. The molecule has 1 unspecified atom stereocenters. The van der Waals surface area contributed by atoms with Crippen LogP contribution in [0.15, 0.2) is 0 Å². The Kier molecular flexibility index (Phi) is 118. The van der Waals surface area contributed by atoms with Crippen LogP contribution in [0.5, 0.6) is 0 Å². The monoisotopic (exact) mass is 1500 g/mol. The summed E-state index contributed by atoms with van der Waals surface area (Å²) in [7, 11) is 0. The average molecular weight is 1500 g/mol. The van der Waals surface area contributed by atoms with Crippen molar-refractivity contribution in [1.29, 1.82) is 0 Å². The molecule has 0 fully saturated rings. The Morgan fingerprint density at radius 3 is 0.295 bits per heavy atom. The minimum Gasteiger partial charge on any atom is -0.481 e. The number of aliphatic carboxylic acids is 5. The Morgan fingerprint density at radius 2 is 0.238 bits per heavy atom. The average Bonchev–Trinajstić information content (AvgIpc) is 3.86. The van der Waals surface area contributed by atoms with E-state index in [0.29, 0.717) is 32.1 Å². The highest BCUT2D eigenvalue weighted by molar-refractivity contribution is 5.67. The summed E-state index contributed by atoms with van der Waals surface area (Å²) >= 11 is 0. The molecule has 0 aromatic heterocycles. The van der Waals surface area contributed by atoms with Crippen LogP contribution in [0.1, 0.15) is 555 Å². The van der Waals surface area contributed by atoms with Gasteiger partial charge in [0.15, 0.2) is 0 Å². The molecule has 0 rings (SSSR count). The number of unbranched alkanes of at least 4 members (excludes halogenated alkanes) is 70. The fourth-order valence-corrected chi connectivity index (χ4v) is 13.2. The van der Waals surface area contributed by atoms with E-state index in [1.807, 2.05) is 0 Å². The summed E-state index contributed by atoms with van der Waals surface area (Å²) in [5.74, 6) is -3.27. The van der Waals surface area contributed by atoms with Gasteiger partial charge in [-0.15, -0.1) is 0 Å². The zero-order valence-electron chi connectivity index (χ0n) is 71.5. The molecule has 7 N–H and O–H groups in total. The summed E-state index contributed by atoms with van der Waals surface area (Å²) in [5, 5.41) is 58.6. The standard InChI is InChI=1S/5C18H36O2.C3H8O2/c5*1-2-3-4-5-6-7-8-9-10-11-12-13-14-15-16-17-18(19)20;1-3(5)2-4/h5*2-17H2,1H3,(H,19,20);3-5H,2H2,1H3. The summed E-state index contributed by atoms with van der Waals surface area (Å²) in [6.45, 7) is 12.7. The van der Waals surface area contributed by atoms with Crippen LogP contribution in [0.3, 0.4) is 0 Å². The van der Waals surface area contributed by atoms with Crippen LogP contribution in [0.2, 0.25) is 0 Å². The SMILES string of the molecule is CC(O)CO.CCCCCCCCCCCCCCCCCC(=O)O.CCCCCCCCCCCCCCCCCC(=O)O.CCCCCCCCCCCCCCCCCC(=O)O.CCCCCCCCCCCCCCCCCC(=O)O.CCCCCCCCCCCCCCCCCC(=O)O. The van der Waals surface area contributed by atoms with Gasteiger partial charge in [-0.2, -0.15) is 0 Å². The lowest BCUT2D eigenvalue weighted by molar-refractivity contribution is -0.138. The molecule has 12 heteroatoms. The van der Waals surface area contributed by atoms with Gasteiger partial charge in [0.2, 0.25) is 0 Å². The second-order valence-electron chi connectivity index (χ2n) is 31.5. The molecule has 0 radical (unpaired) electrons. The molecule has 0 aliphatic rings. The zero-order chi connectivity index (χ0) is 78.7. The number of aliphatic hydroxyl groups is 2. The minimum atomic E-state index is -0.653. The third-order valence-corrected chi connectivity index (χ3v) is 20.2. The van der Waals surface area contributed by atoms with E-state index < -0.39 is 36.0 Å². The molecule has 0 bridgehead atoms. The summed E-state index contributed by atoms with van der Waals surface area (Å²) in [4.78, 5) is 51.7. The quantitative estimate of drug-likeness (QED) is 0.0282. The molecular weight excluding hydrogens is 1310 g/mol. The van der Waals surface area contributed by atoms with Gasteiger partial charge in [0.25, 0.3) is 0 Å². The molecule has 0 saturated heterocycles. The largest absolute Gasteiger partial charge is 0.481 e. The fourth-order valence-electron chi connectivity index (χ4n) is 13.2. The van der Waals surface area contributed by atoms with Crippen molar-refractivity contribution in [3.05, 3.63) is 0 Å². The lowest BCUT2D eigenvalue weighted by atomic mass is 10.0. The van der Waals surface area contributed by atoms with E-state index in [-0.39, 0.29) is 6.61 Å². The van der Waals surface area contributed by atoms with Crippen LogP contribution in [-0.4, -0.2) is 78.3 Å². The number of rotatable bonds is 81. The van der Waals surface area contributed by atoms with E-state index in [4.69, 9.17) is 35.7 Å². The van der Waals surface area contributed by atoms with Gasteiger partial charge in [0.1, 0.15) is 0 Å². The summed E-state index contributed by atoms with van der Waals surface area (Å²) in [5.41, 5.74) is 0. The molecule has 0 aromatic carbocycles. The lowest BCUT2D eigenvalue weighted by Crippen LogP contribution is -2.03. The molecule has 0 spiro atoms. The Hall–Kier alpha value is -2.73. The first-order valence-corrected chi connectivity index (χ1v) is 46.5. The zero-order valence-corrected chi connectivity index (χ0v) is 71.5. The van der Waals surface area contributed by atoms with Gasteiger partial charge in [-0.1, -0.05) is 484 Å². The minimum absolute atomic E-state index is 0.139. The third-order valence-electron chi connectivity index (χ3n) is 20.2. The van der Waals surface area contributed by atoms with Crippen molar-refractivity contribution in [3.63, 3.8) is 0 Å². The first-order chi connectivity index (χ1) is 51.1. The van der Waals surface area contributed by atoms with Crippen LogP contribution in [-0.2, 0) is 24.0 Å². The molecule has 12 nitrogen and oxygen atoms in total. The Bertz CT molecular complexity index is 1330. The Labute approximate surface area is 654 Å². The maximum atomic E-state index is 10.3. The number of aliphatic hydroxyl groups excluding tert-OH is 2. The van der Waals surface area contributed by atoms with Gasteiger partial charge in [-0.25, -0.2) is 0 Å². The predicted molar refractivity (Wildman–Crippen MR) is 455 cm³/mol. The highest BCUT2D eigenvalue weighted by Crippen LogP contribution is 2.20. The highest BCUT2D eigenvalue weighted by Gasteiger charge is 2.04. The van der Waals surface area contributed by atoms with Crippen LogP contribution in [0.4, 0.5) is 0 Å². The third kappa shape index (κ3) is 141. The molecule has 0 aromatic rings. The molecule has 1 atom stereocenters. The number of hydrogen-bond acceptors (Lipinski definition) is 7. The maximum Gasteiger partial charge on any atom is 0.303 e. The first-order valence-electron chi connectivity index (χ1n) is 46.5. The second-order valence-corrected chi connectivity index (χ2v) is 31.5. The van der Waals surface area contributed by atoms with Gasteiger partial charge in [-0.3, -0.25) is 24.0 Å². The Balaban J connectivity index is -0.000000287. The maximum absolute atomic E-state index is 10.3. The normalized spacial score (nSPS) is 11.0. The van der Waals surface area contributed by atoms with Crippen molar-refractivity contribution in [2.45, 2.75) is 561 Å². The summed E-state index contributed by atoms with van der Waals surface area (Å²) < 4.78 is 0. The number of carboxylic acid groups (broad SMARTS) is 5. The molecule has 0 aliphatic carbocycles. The first kappa shape index (κ1) is 113. The number of carboxylic acids is 5. The van der Waals surface area contributed by atoms with Gasteiger partial charge >= 0.3 is 29.8 Å². The highest BCUT2D eigenvalue weighted by atomic mass is 16.4. The van der Waals surface area contributed by atoms with Gasteiger partial charge in [0.05, 0.1) is 12.7 Å². The van der Waals surface area contributed by atoms with Crippen molar-refractivity contribution in [2.75, 3.05) is 6.61 Å². The van der Waals surface area contributed by atoms with Gasteiger partial charge in [0, 0.05) is 32.1 Å². The van der Waals surface area contributed by atoms with Crippen molar-refractivity contribution >= 4 is 29.8 Å². The molecule has 0 saturated carbocycles. The topological polar surface area (TPSA) is 227 Å². The Morgan fingerprint density at radius 1 is 0.171 bits per heavy atom. The number of carbonyl (C=O) groups is 5. The molecule has 632 valence electrons. The molecule has 0 amide bonds. The predicted octanol–water partition coefficient (Wildman–Crippen LogP) is 31.0. The van der Waals surface area contributed by atoms with E-state index in [9.17, 15) is 24.0 Å². The smallest absolute Gasteiger partial charge is 0.303 e.